The standard InChI is InChI=1S/C14H20N6/c1-4-12-18-13(9(2)14(19-12)20-15)17-10(3)11-7-5-6-8-16-11/h5-8,10H,4,15H2,1-3H3,(H2,17,18,19,20). The van der Waals surface area contributed by atoms with Gasteiger partial charge in [-0.15, -0.1) is 0 Å². The van der Waals surface area contributed by atoms with E-state index in [2.05, 4.69) is 25.7 Å². The average molecular weight is 272 g/mol. The summed E-state index contributed by atoms with van der Waals surface area (Å²) in [5.41, 5.74) is 4.48. The first-order chi connectivity index (χ1) is 9.65. The first-order valence-corrected chi connectivity index (χ1v) is 6.67. The van der Waals surface area contributed by atoms with Crippen molar-refractivity contribution < 1.29 is 0 Å². The van der Waals surface area contributed by atoms with Crippen LogP contribution in [0, 0.1) is 6.92 Å². The van der Waals surface area contributed by atoms with Crippen LogP contribution >= 0.6 is 0 Å². The molecule has 0 amide bonds. The Labute approximate surface area is 118 Å². The van der Waals surface area contributed by atoms with E-state index < -0.39 is 0 Å². The fraction of sp³-hybridized carbons (Fsp3) is 0.357. The molecule has 2 rings (SSSR count). The van der Waals surface area contributed by atoms with Crippen LogP contribution in [0.25, 0.3) is 0 Å². The molecule has 2 aromatic heterocycles. The summed E-state index contributed by atoms with van der Waals surface area (Å²) in [4.78, 5) is 13.2. The number of hydrogen-bond acceptors (Lipinski definition) is 6. The second kappa shape index (κ2) is 6.29. The van der Waals surface area contributed by atoms with Crippen molar-refractivity contribution in [1.29, 1.82) is 0 Å². The van der Waals surface area contributed by atoms with Crippen LogP contribution in [0.5, 0.6) is 0 Å². The van der Waals surface area contributed by atoms with Gasteiger partial charge in [-0.1, -0.05) is 13.0 Å². The van der Waals surface area contributed by atoms with Gasteiger partial charge in [0.1, 0.15) is 17.5 Å². The van der Waals surface area contributed by atoms with Crippen molar-refractivity contribution in [2.45, 2.75) is 33.2 Å². The summed E-state index contributed by atoms with van der Waals surface area (Å²) in [7, 11) is 0. The van der Waals surface area contributed by atoms with Crippen LogP contribution in [0.1, 0.15) is 37.0 Å². The lowest BCUT2D eigenvalue weighted by Gasteiger charge is -2.17. The number of nitrogen functional groups attached to an aromatic ring is 1. The third-order valence-corrected chi connectivity index (χ3v) is 3.13. The summed E-state index contributed by atoms with van der Waals surface area (Å²) in [6.45, 7) is 5.99. The van der Waals surface area contributed by atoms with Crippen molar-refractivity contribution in [3.8, 4) is 0 Å². The fourth-order valence-electron chi connectivity index (χ4n) is 1.91. The van der Waals surface area contributed by atoms with Crippen molar-refractivity contribution in [2.75, 3.05) is 10.7 Å². The van der Waals surface area contributed by atoms with Crippen molar-refractivity contribution in [3.63, 3.8) is 0 Å². The number of nitrogens with one attached hydrogen (secondary N) is 2. The van der Waals surface area contributed by atoms with E-state index in [-0.39, 0.29) is 6.04 Å². The summed E-state index contributed by atoms with van der Waals surface area (Å²) >= 11 is 0. The molecule has 0 spiro atoms. The Morgan fingerprint density at radius 3 is 2.60 bits per heavy atom. The molecule has 0 aromatic carbocycles. The quantitative estimate of drug-likeness (QED) is 0.571. The summed E-state index contributed by atoms with van der Waals surface area (Å²) in [5.74, 6) is 7.68. The normalized spacial score (nSPS) is 12.0. The number of pyridine rings is 1. The molecule has 0 fully saturated rings. The maximum absolute atomic E-state index is 5.50. The summed E-state index contributed by atoms with van der Waals surface area (Å²) in [5, 5.41) is 3.37. The zero-order valence-corrected chi connectivity index (χ0v) is 12.0. The maximum atomic E-state index is 5.50. The SMILES string of the molecule is CCc1nc(NN)c(C)c(NC(C)c2ccccn2)n1. The summed E-state index contributed by atoms with van der Waals surface area (Å²) < 4.78 is 0. The van der Waals surface area contributed by atoms with Crippen molar-refractivity contribution in [1.82, 2.24) is 15.0 Å². The van der Waals surface area contributed by atoms with E-state index in [1.165, 1.54) is 0 Å². The van der Waals surface area contributed by atoms with E-state index in [1.807, 2.05) is 39.0 Å². The van der Waals surface area contributed by atoms with Gasteiger partial charge < -0.3 is 10.7 Å². The van der Waals surface area contributed by atoms with Gasteiger partial charge in [0.2, 0.25) is 0 Å². The van der Waals surface area contributed by atoms with Gasteiger partial charge in [-0.2, -0.15) is 0 Å². The molecule has 0 saturated carbocycles. The lowest BCUT2D eigenvalue weighted by molar-refractivity contribution is 0.819. The molecular formula is C14H20N6. The highest BCUT2D eigenvalue weighted by molar-refractivity contribution is 5.57. The number of nitrogens with zero attached hydrogens (tertiary/aromatic N) is 3. The number of hydrogen-bond donors (Lipinski definition) is 3. The van der Waals surface area contributed by atoms with E-state index in [4.69, 9.17) is 5.84 Å². The van der Waals surface area contributed by atoms with Crippen LogP contribution in [-0.4, -0.2) is 15.0 Å². The molecule has 1 atom stereocenters. The number of aryl methyl sites for hydroxylation is 1. The molecule has 106 valence electrons. The smallest absolute Gasteiger partial charge is 0.148 e. The van der Waals surface area contributed by atoms with Gasteiger partial charge >= 0.3 is 0 Å². The van der Waals surface area contributed by atoms with Gasteiger partial charge in [0.15, 0.2) is 0 Å². The average Bonchev–Trinajstić information content (AvgIpc) is 2.50. The molecule has 4 N–H and O–H groups in total. The molecule has 0 radical (unpaired) electrons. The zero-order chi connectivity index (χ0) is 14.5. The number of aromatic nitrogens is 3. The first-order valence-electron chi connectivity index (χ1n) is 6.67. The maximum Gasteiger partial charge on any atom is 0.148 e. The van der Waals surface area contributed by atoms with E-state index >= 15 is 0 Å². The van der Waals surface area contributed by atoms with Crippen molar-refractivity contribution in [3.05, 3.63) is 41.5 Å². The Morgan fingerprint density at radius 2 is 2.00 bits per heavy atom. The van der Waals surface area contributed by atoms with Gasteiger partial charge in [-0.3, -0.25) is 4.98 Å². The van der Waals surface area contributed by atoms with Crippen LogP contribution in [0.15, 0.2) is 24.4 Å². The lowest BCUT2D eigenvalue weighted by Crippen LogP contribution is -2.16. The summed E-state index contributed by atoms with van der Waals surface area (Å²) in [6.07, 6.45) is 2.53. The Morgan fingerprint density at radius 1 is 1.25 bits per heavy atom. The highest BCUT2D eigenvalue weighted by Crippen LogP contribution is 2.23. The molecule has 0 saturated heterocycles. The van der Waals surface area contributed by atoms with Gasteiger partial charge in [-0.05, 0) is 26.0 Å². The highest BCUT2D eigenvalue weighted by atomic mass is 15.3. The van der Waals surface area contributed by atoms with Gasteiger partial charge in [0.25, 0.3) is 0 Å². The molecular weight excluding hydrogens is 252 g/mol. The van der Waals surface area contributed by atoms with E-state index in [1.54, 1.807) is 6.20 Å². The lowest BCUT2D eigenvalue weighted by atomic mass is 10.2. The molecule has 2 heterocycles. The molecule has 0 bridgehead atoms. The van der Waals surface area contributed by atoms with Crippen LogP contribution in [0.3, 0.4) is 0 Å². The molecule has 1 unspecified atom stereocenters. The Hall–Kier alpha value is -2.21. The first kappa shape index (κ1) is 14.2. The Bertz CT molecular complexity index is 569. The van der Waals surface area contributed by atoms with Gasteiger partial charge in [0, 0.05) is 18.2 Å². The number of hydrazine groups is 1. The fourth-order valence-corrected chi connectivity index (χ4v) is 1.91. The third kappa shape index (κ3) is 3.03. The van der Waals surface area contributed by atoms with Gasteiger partial charge in [0.05, 0.1) is 11.7 Å². The van der Waals surface area contributed by atoms with E-state index in [0.29, 0.717) is 5.82 Å². The second-order valence-electron chi connectivity index (χ2n) is 4.58. The monoisotopic (exact) mass is 272 g/mol. The molecule has 6 heteroatoms. The predicted octanol–water partition coefficient (Wildman–Crippen LogP) is 2.20. The third-order valence-electron chi connectivity index (χ3n) is 3.13. The van der Waals surface area contributed by atoms with Crippen molar-refractivity contribution >= 4 is 11.6 Å². The Balaban J connectivity index is 2.28. The largest absolute Gasteiger partial charge is 0.362 e. The molecule has 6 nitrogen and oxygen atoms in total. The number of rotatable bonds is 5. The minimum absolute atomic E-state index is 0.0557. The molecule has 0 aliphatic rings. The highest BCUT2D eigenvalue weighted by Gasteiger charge is 2.13. The Kier molecular flexibility index (Phi) is 4.47. The number of anilines is 2. The predicted molar refractivity (Wildman–Crippen MR) is 80.2 cm³/mol. The van der Waals surface area contributed by atoms with Gasteiger partial charge in [-0.25, -0.2) is 15.8 Å². The molecule has 20 heavy (non-hydrogen) atoms. The molecule has 2 aromatic rings. The van der Waals surface area contributed by atoms with Crippen LogP contribution < -0.4 is 16.6 Å². The summed E-state index contributed by atoms with van der Waals surface area (Å²) in [6, 6.07) is 5.91. The number of nitrogens with two attached hydrogens (primary N) is 1. The zero-order valence-electron chi connectivity index (χ0n) is 12.0. The second-order valence-corrected chi connectivity index (χ2v) is 4.58. The van der Waals surface area contributed by atoms with E-state index in [9.17, 15) is 0 Å². The van der Waals surface area contributed by atoms with Crippen LogP contribution in [-0.2, 0) is 6.42 Å². The minimum atomic E-state index is 0.0557. The molecule has 0 aliphatic heterocycles. The van der Waals surface area contributed by atoms with Crippen LogP contribution in [0.4, 0.5) is 11.6 Å². The topological polar surface area (TPSA) is 88.8 Å². The minimum Gasteiger partial charge on any atom is -0.362 e. The van der Waals surface area contributed by atoms with Crippen molar-refractivity contribution in [2.24, 2.45) is 5.84 Å². The van der Waals surface area contributed by atoms with E-state index in [0.717, 1.165) is 29.3 Å². The van der Waals surface area contributed by atoms with Crippen LogP contribution in [0.2, 0.25) is 0 Å². The molecule has 0 aliphatic carbocycles.